The van der Waals surface area contributed by atoms with Crippen molar-refractivity contribution in [2.45, 2.75) is 19.8 Å². The zero-order chi connectivity index (χ0) is 13.7. The van der Waals surface area contributed by atoms with Gasteiger partial charge in [-0.2, -0.15) is 0 Å². The normalized spacial score (nSPS) is 18.3. The lowest BCUT2D eigenvalue weighted by Crippen LogP contribution is -2.26. The molecule has 0 aromatic heterocycles. The Morgan fingerprint density at radius 3 is 2.53 bits per heavy atom. The van der Waals surface area contributed by atoms with Crippen LogP contribution in [-0.2, 0) is 0 Å². The molecule has 0 aliphatic carbocycles. The van der Waals surface area contributed by atoms with Gasteiger partial charge in [-0.1, -0.05) is 12.1 Å². The van der Waals surface area contributed by atoms with Crippen molar-refractivity contribution in [1.29, 1.82) is 0 Å². The Morgan fingerprint density at radius 2 is 1.95 bits per heavy atom. The fraction of sp³-hybridized carbons (Fsp3) is 0.467. The Bertz CT molecular complexity index is 448. The number of amides is 1. The smallest absolute Gasteiger partial charge is 0.251 e. The minimum absolute atomic E-state index is 0.0145. The van der Waals surface area contributed by atoms with Gasteiger partial charge in [0.25, 0.3) is 5.91 Å². The molecule has 4 nitrogen and oxygen atoms in total. The van der Waals surface area contributed by atoms with Crippen LogP contribution in [0, 0.1) is 5.92 Å². The predicted molar refractivity (Wildman–Crippen MR) is 74.4 cm³/mol. The Kier molecular flexibility index (Phi) is 4.68. The van der Waals surface area contributed by atoms with Crippen molar-refractivity contribution in [2.75, 3.05) is 19.6 Å². The molecule has 1 unspecified atom stereocenters. The van der Waals surface area contributed by atoms with Gasteiger partial charge in [-0.3, -0.25) is 9.59 Å². The maximum atomic E-state index is 11.9. The summed E-state index contributed by atoms with van der Waals surface area (Å²) in [5, 5.41) is 6.24. The van der Waals surface area contributed by atoms with E-state index in [1.807, 2.05) is 0 Å². The number of carbonyl (C=O) groups is 2. The molecule has 1 saturated heterocycles. The number of rotatable bonds is 5. The van der Waals surface area contributed by atoms with Gasteiger partial charge in [0.2, 0.25) is 0 Å². The summed E-state index contributed by atoms with van der Waals surface area (Å²) in [6.45, 7) is 4.37. The standard InChI is InChI=1S/C15H20N2O2/c1-11(18)13-2-4-14(5-3-13)15(19)17-9-7-12-6-8-16-10-12/h2-5,12,16H,6-10H2,1H3,(H,17,19). The summed E-state index contributed by atoms with van der Waals surface area (Å²) in [5.41, 5.74) is 1.24. The van der Waals surface area contributed by atoms with Crippen LogP contribution in [0.2, 0.25) is 0 Å². The molecule has 0 radical (unpaired) electrons. The van der Waals surface area contributed by atoms with E-state index < -0.39 is 0 Å². The summed E-state index contributed by atoms with van der Waals surface area (Å²) in [4.78, 5) is 23.0. The van der Waals surface area contributed by atoms with Crippen molar-refractivity contribution in [3.8, 4) is 0 Å². The first-order chi connectivity index (χ1) is 9.16. The second-order valence-corrected chi connectivity index (χ2v) is 5.04. The maximum absolute atomic E-state index is 11.9. The molecule has 4 heteroatoms. The molecule has 0 spiro atoms. The average molecular weight is 260 g/mol. The first kappa shape index (κ1) is 13.7. The number of Topliss-reactive ketones (excluding diaryl/α,β-unsaturated/α-hetero) is 1. The minimum atomic E-state index is -0.0685. The van der Waals surface area contributed by atoms with Gasteiger partial charge in [0.15, 0.2) is 5.78 Å². The summed E-state index contributed by atoms with van der Waals surface area (Å²) < 4.78 is 0. The van der Waals surface area contributed by atoms with E-state index in [0.717, 1.165) is 19.5 Å². The van der Waals surface area contributed by atoms with E-state index in [0.29, 0.717) is 23.6 Å². The van der Waals surface area contributed by atoms with Crippen molar-refractivity contribution in [3.63, 3.8) is 0 Å². The van der Waals surface area contributed by atoms with Gasteiger partial charge in [-0.15, -0.1) is 0 Å². The molecule has 1 atom stereocenters. The van der Waals surface area contributed by atoms with E-state index in [1.54, 1.807) is 24.3 Å². The lowest BCUT2D eigenvalue weighted by molar-refractivity contribution is 0.0949. The van der Waals surface area contributed by atoms with Gasteiger partial charge in [0, 0.05) is 17.7 Å². The number of hydrogen-bond acceptors (Lipinski definition) is 3. The van der Waals surface area contributed by atoms with E-state index in [1.165, 1.54) is 13.3 Å². The maximum Gasteiger partial charge on any atom is 0.251 e. The van der Waals surface area contributed by atoms with Crippen molar-refractivity contribution >= 4 is 11.7 Å². The summed E-state index contributed by atoms with van der Waals surface area (Å²) in [7, 11) is 0. The van der Waals surface area contributed by atoms with Crippen molar-refractivity contribution < 1.29 is 9.59 Å². The van der Waals surface area contributed by atoms with Gasteiger partial charge in [0.05, 0.1) is 0 Å². The van der Waals surface area contributed by atoms with E-state index in [4.69, 9.17) is 0 Å². The quantitative estimate of drug-likeness (QED) is 0.791. The molecule has 2 N–H and O–H groups in total. The topological polar surface area (TPSA) is 58.2 Å². The Balaban J connectivity index is 1.80. The van der Waals surface area contributed by atoms with E-state index in [2.05, 4.69) is 10.6 Å². The van der Waals surface area contributed by atoms with Gasteiger partial charge in [0.1, 0.15) is 0 Å². The fourth-order valence-electron chi connectivity index (χ4n) is 2.31. The van der Waals surface area contributed by atoms with Crippen LogP contribution >= 0.6 is 0 Å². The van der Waals surface area contributed by atoms with Gasteiger partial charge >= 0.3 is 0 Å². The van der Waals surface area contributed by atoms with Crippen LogP contribution in [0.15, 0.2) is 24.3 Å². The number of nitrogens with one attached hydrogen (secondary N) is 2. The monoisotopic (exact) mass is 260 g/mol. The molecule has 1 aliphatic heterocycles. The highest BCUT2D eigenvalue weighted by atomic mass is 16.1. The highest BCUT2D eigenvalue weighted by Crippen LogP contribution is 2.11. The van der Waals surface area contributed by atoms with E-state index >= 15 is 0 Å². The van der Waals surface area contributed by atoms with Crippen molar-refractivity contribution in [3.05, 3.63) is 35.4 Å². The molecule has 1 fully saturated rings. The average Bonchev–Trinajstić information content (AvgIpc) is 2.92. The predicted octanol–water partition coefficient (Wildman–Crippen LogP) is 1.62. The first-order valence-electron chi connectivity index (χ1n) is 6.77. The third kappa shape index (κ3) is 3.89. The van der Waals surface area contributed by atoms with Crippen LogP contribution in [0.25, 0.3) is 0 Å². The minimum Gasteiger partial charge on any atom is -0.352 e. The largest absolute Gasteiger partial charge is 0.352 e. The SMILES string of the molecule is CC(=O)c1ccc(C(=O)NCCC2CCNC2)cc1. The molecular formula is C15H20N2O2. The molecular weight excluding hydrogens is 240 g/mol. The highest BCUT2D eigenvalue weighted by molar-refractivity contribution is 5.97. The molecule has 2 rings (SSSR count). The van der Waals surface area contributed by atoms with Gasteiger partial charge in [-0.05, 0) is 50.9 Å². The summed E-state index contributed by atoms with van der Waals surface area (Å²) in [5.74, 6) is 0.627. The second-order valence-electron chi connectivity index (χ2n) is 5.04. The highest BCUT2D eigenvalue weighted by Gasteiger charge is 2.14. The van der Waals surface area contributed by atoms with Crippen LogP contribution in [0.3, 0.4) is 0 Å². The van der Waals surface area contributed by atoms with Crippen LogP contribution in [-0.4, -0.2) is 31.3 Å². The lowest BCUT2D eigenvalue weighted by atomic mass is 10.0. The van der Waals surface area contributed by atoms with Gasteiger partial charge < -0.3 is 10.6 Å². The first-order valence-corrected chi connectivity index (χ1v) is 6.77. The molecule has 1 aromatic rings. The third-order valence-electron chi connectivity index (χ3n) is 3.55. The molecule has 19 heavy (non-hydrogen) atoms. The molecule has 1 heterocycles. The summed E-state index contributed by atoms with van der Waals surface area (Å²) in [6.07, 6.45) is 2.22. The zero-order valence-electron chi connectivity index (χ0n) is 11.2. The van der Waals surface area contributed by atoms with Crippen molar-refractivity contribution in [2.24, 2.45) is 5.92 Å². The van der Waals surface area contributed by atoms with E-state index in [-0.39, 0.29) is 11.7 Å². The van der Waals surface area contributed by atoms with Crippen LogP contribution < -0.4 is 10.6 Å². The molecule has 1 aliphatic rings. The lowest BCUT2D eigenvalue weighted by Gasteiger charge is -2.09. The summed E-state index contributed by atoms with van der Waals surface area (Å²) >= 11 is 0. The zero-order valence-corrected chi connectivity index (χ0v) is 11.2. The van der Waals surface area contributed by atoms with Gasteiger partial charge in [-0.25, -0.2) is 0 Å². The number of carbonyl (C=O) groups excluding carboxylic acids is 2. The Labute approximate surface area is 113 Å². The molecule has 102 valence electrons. The fourth-order valence-corrected chi connectivity index (χ4v) is 2.31. The molecule has 0 bridgehead atoms. The summed E-state index contributed by atoms with van der Waals surface area (Å²) in [6, 6.07) is 6.78. The van der Waals surface area contributed by atoms with Crippen molar-refractivity contribution in [1.82, 2.24) is 10.6 Å². The molecule has 1 amide bonds. The third-order valence-corrected chi connectivity index (χ3v) is 3.55. The number of benzene rings is 1. The number of ketones is 1. The number of hydrogen-bond donors (Lipinski definition) is 2. The van der Waals surface area contributed by atoms with Crippen LogP contribution in [0.5, 0.6) is 0 Å². The van der Waals surface area contributed by atoms with Crippen LogP contribution in [0.4, 0.5) is 0 Å². The Hall–Kier alpha value is -1.68. The Morgan fingerprint density at radius 1 is 1.26 bits per heavy atom. The van der Waals surface area contributed by atoms with Crippen LogP contribution in [0.1, 0.15) is 40.5 Å². The molecule has 1 aromatic carbocycles. The molecule has 0 saturated carbocycles. The second kappa shape index (κ2) is 6.48. The van der Waals surface area contributed by atoms with E-state index in [9.17, 15) is 9.59 Å².